The van der Waals surface area contributed by atoms with E-state index in [1.807, 2.05) is 0 Å². The number of aryl methyl sites for hydroxylation is 1. The zero-order valence-electron chi connectivity index (χ0n) is 10.9. The zero-order chi connectivity index (χ0) is 14.0. The van der Waals surface area contributed by atoms with E-state index in [-0.39, 0.29) is 0 Å². The summed E-state index contributed by atoms with van der Waals surface area (Å²) in [4.78, 5) is 0. The van der Waals surface area contributed by atoms with Crippen LogP contribution in [0.15, 0.2) is 28.9 Å². The second-order valence-electron chi connectivity index (χ2n) is 4.06. The highest BCUT2D eigenvalue weighted by Gasteiger charge is 2.20. The molecule has 2 rings (SSSR count). The van der Waals surface area contributed by atoms with Crippen molar-refractivity contribution < 1.29 is 19.0 Å². The van der Waals surface area contributed by atoms with Crippen LogP contribution in [-0.2, 0) is 0 Å². The number of aliphatic hydroxyl groups is 1. The molecular formula is C14H15ClO4. The van der Waals surface area contributed by atoms with Gasteiger partial charge < -0.3 is 19.0 Å². The highest BCUT2D eigenvalue weighted by molar-refractivity contribution is 6.31. The van der Waals surface area contributed by atoms with Crippen LogP contribution in [-0.4, -0.2) is 19.3 Å². The largest absolute Gasteiger partial charge is 0.493 e. The minimum Gasteiger partial charge on any atom is -0.493 e. The Morgan fingerprint density at radius 1 is 1.16 bits per heavy atom. The molecule has 19 heavy (non-hydrogen) atoms. The average molecular weight is 283 g/mol. The van der Waals surface area contributed by atoms with Crippen LogP contribution in [0.5, 0.6) is 11.5 Å². The van der Waals surface area contributed by atoms with Crippen LogP contribution in [0, 0.1) is 6.92 Å². The molecule has 1 N–H and O–H groups in total. The van der Waals surface area contributed by atoms with Gasteiger partial charge in [-0.25, -0.2) is 0 Å². The fraction of sp³-hybridized carbons (Fsp3) is 0.286. The quantitative estimate of drug-likeness (QED) is 0.934. The van der Waals surface area contributed by atoms with Gasteiger partial charge in [-0.15, -0.1) is 0 Å². The molecule has 0 saturated heterocycles. The second-order valence-corrected chi connectivity index (χ2v) is 4.47. The number of halogens is 1. The highest BCUT2D eigenvalue weighted by Crippen LogP contribution is 2.38. The Labute approximate surface area is 116 Å². The Balaban J connectivity index is 2.48. The van der Waals surface area contributed by atoms with E-state index in [9.17, 15) is 5.11 Å². The van der Waals surface area contributed by atoms with Crippen LogP contribution >= 0.6 is 11.6 Å². The molecule has 1 heterocycles. The van der Waals surface area contributed by atoms with Crippen molar-refractivity contribution in [3.05, 3.63) is 46.4 Å². The third kappa shape index (κ3) is 2.55. The normalized spacial score (nSPS) is 12.3. The number of hydrogen-bond donors (Lipinski definition) is 1. The van der Waals surface area contributed by atoms with E-state index in [1.165, 1.54) is 20.5 Å². The summed E-state index contributed by atoms with van der Waals surface area (Å²) < 4.78 is 15.6. The van der Waals surface area contributed by atoms with Gasteiger partial charge in [-0.1, -0.05) is 11.6 Å². The molecule has 0 aliphatic rings. The third-order valence-corrected chi connectivity index (χ3v) is 3.32. The van der Waals surface area contributed by atoms with Crippen molar-refractivity contribution in [2.24, 2.45) is 0 Å². The summed E-state index contributed by atoms with van der Waals surface area (Å²) in [5.74, 6) is 1.69. The number of aliphatic hydroxyl groups excluding tert-OH is 1. The molecule has 1 unspecified atom stereocenters. The minimum absolute atomic E-state index is 0.408. The molecule has 0 bridgehead atoms. The van der Waals surface area contributed by atoms with Crippen molar-refractivity contribution in [1.82, 2.24) is 0 Å². The highest BCUT2D eigenvalue weighted by atomic mass is 35.5. The maximum Gasteiger partial charge on any atom is 0.162 e. The SMILES string of the molecule is COc1cc(Cl)c(C(O)c2ccoc2C)cc1OC. The predicted molar refractivity (Wildman–Crippen MR) is 72.1 cm³/mol. The molecule has 4 nitrogen and oxygen atoms in total. The number of methoxy groups -OCH3 is 2. The fourth-order valence-corrected chi connectivity index (χ4v) is 2.18. The lowest BCUT2D eigenvalue weighted by Crippen LogP contribution is -2.02. The summed E-state index contributed by atoms with van der Waals surface area (Å²) in [6.45, 7) is 1.78. The maximum atomic E-state index is 10.4. The predicted octanol–water partition coefficient (Wildman–Crippen LogP) is 3.34. The first-order valence-electron chi connectivity index (χ1n) is 5.72. The second kappa shape index (κ2) is 5.55. The number of hydrogen-bond acceptors (Lipinski definition) is 4. The lowest BCUT2D eigenvalue weighted by atomic mass is 10.0. The topological polar surface area (TPSA) is 51.8 Å². The molecular weight excluding hydrogens is 268 g/mol. The average Bonchev–Trinajstić information content (AvgIpc) is 2.83. The van der Waals surface area contributed by atoms with Gasteiger partial charge in [0.15, 0.2) is 11.5 Å². The van der Waals surface area contributed by atoms with Crippen molar-refractivity contribution in [2.45, 2.75) is 13.0 Å². The molecule has 0 aliphatic carbocycles. The summed E-state index contributed by atoms with van der Waals surface area (Å²) in [6.07, 6.45) is 0.661. The minimum atomic E-state index is -0.869. The van der Waals surface area contributed by atoms with E-state index in [0.717, 1.165) is 0 Å². The first-order valence-corrected chi connectivity index (χ1v) is 6.09. The van der Waals surface area contributed by atoms with E-state index in [4.69, 9.17) is 25.5 Å². The molecule has 5 heteroatoms. The molecule has 1 atom stereocenters. The molecule has 0 fully saturated rings. The number of ether oxygens (including phenoxy) is 2. The van der Waals surface area contributed by atoms with E-state index < -0.39 is 6.10 Å². The molecule has 0 saturated carbocycles. The monoisotopic (exact) mass is 282 g/mol. The Bertz CT molecular complexity index is 577. The van der Waals surface area contributed by atoms with Crippen molar-refractivity contribution >= 4 is 11.6 Å². The van der Waals surface area contributed by atoms with Crippen molar-refractivity contribution in [3.63, 3.8) is 0 Å². The molecule has 102 valence electrons. The smallest absolute Gasteiger partial charge is 0.162 e. The molecule has 0 radical (unpaired) electrons. The van der Waals surface area contributed by atoms with Gasteiger partial charge in [0, 0.05) is 17.2 Å². The lowest BCUT2D eigenvalue weighted by Gasteiger charge is -2.15. The van der Waals surface area contributed by atoms with Crippen LogP contribution in [0.2, 0.25) is 5.02 Å². The summed E-state index contributed by atoms with van der Waals surface area (Å²) in [5, 5.41) is 10.8. The number of benzene rings is 1. The molecule has 1 aromatic carbocycles. The van der Waals surface area contributed by atoms with Gasteiger partial charge in [-0.2, -0.15) is 0 Å². The van der Waals surface area contributed by atoms with Crippen LogP contribution in [0.4, 0.5) is 0 Å². The molecule has 2 aromatic rings. The molecule has 1 aromatic heterocycles. The lowest BCUT2D eigenvalue weighted by molar-refractivity contribution is 0.217. The van der Waals surface area contributed by atoms with Gasteiger partial charge in [0.1, 0.15) is 11.9 Å². The van der Waals surface area contributed by atoms with Gasteiger partial charge in [0.25, 0.3) is 0 Å². The van der Waals surface area contributed by atoms with Crippen LogP contribution in [0.1, 0.15) is 23.0 Å². The van der Waals surface area contributed by atoms with Crippen LogP contribution in [0.25, 0.3) is 0 Å². The maximum absolute atomic E-state index is 10.4. The summed E-state index contributed by atoms with van der Waals surface area (Å²) >= 11 is 6.18. The Hall–Kier alpha value is -1.65. The van der Waals surface area contributed by atoms with E-state index in [1.54, 1.807) is 25.1 Å². The Morgan fingerprint density at radius 2 is 1.79 bits per heavy atom. The van der Waals surface area contributed by atoms with Crippen molar-refractivity contribution in [2.75, 3.05) is 14.2 Å². The van der Waals surface area contributed by atoms with E-state index >= 15 is 0 Å². The van der Waals surface area contributed by atoms with Gasteiger partial charge in [-0.3, -0.25) is 0 Å². The molecule has 0 aliphatic heterocycles. The number of furan rings is 1. The van der Waals surface area contributed by atoms with E-state index in [2.05, 4.69) is 0 Å². The first kappa shape index (κ1) is 13.8. The first-order chi connectivity index (χ1) is 9.08. The zero-order valence-corrected chi connectivity index (χ0v) is 11.7. The standard InChI is InChI=1S/C14H15ClO4/c1-8-9(4-5-19-8)14(16)10-6-12(17-2)13(18-3)7-11(10)15/h4-7,14,16H,1-3H3. The van der Waals surface area contributed by atoms with Gasteiger partial charge in [0.05, 0.1) is 25.5 Å². The third-order valence-electron chi connectivity index (χ3n) is 2.99. The Morgan fingerprint density at radius 3 is 2.32 bits per heavy atom. The van der Waals surface area contributed by atoms with Crippen molar-refractivity contribution in [3.8, 4) is 11.5 Å². The Kier molecular flexibility index (Phi) is 4.02. The van der Waals surface area contributed by atoms with Gasteiger partial charge in [-0.05, 0) is 19.1 Å². The van der Waals surface area contributed by atoms with Gasteiger partial charge in [0.2, 0.25) is 0 Å². The summed E-state index contributed by atoms with van der Waals surface area (Å²) in [7, 11) is 3.07. The van der Waals surface area contributed by atoms with Crippen LogP contribution < -0.4 is 9.47 Å². The number of rotatable bonds is 4. The van der Waals surface area contributed by atoms with Crippen LogP contribution in [0.3, 0.4) is 0 Å². The van der Waals surface area contributed by atoms with E-state index in [0.29, 0.717) is 33.4 Å². The fourth-order valence-electron chi connectivity index (χ4n) is 1.93. The molecule has 0 amide bonds. The summed E-state index contributed by atoms with van der Waals surface area (Å²) in [6, 6.07) is 5.00. The summed E-state index contributed by atoms with van der Waals surface area (Å²) in [5.41, 5.74) is 1.22. The van der Waals surface area contributed by atoms with Gasteiger partial charge >= 0.3 is 0 Å². The molecule has 0 spiro atoms. The van der Waals surface area contributed by atoms with Crippen molar-refractivity contribution in [1.29, 1.82) is 0 Å².